The third-order valence-corrected chi connectivity index (χ3v) is 3.23. The van der Waals surface area contributed by atoms with E-state index in [4.69, 9.17) is 9.15 Å². The predicted octanol–water partition coefficient (Wildman–Crippen LogP) is 4.54. The van der Waals surface area contributed by atoms with Crippen molar-refractivity contribution in [3.63, 3.8) is 0 Å². The molecule has 0 aliphatic heterocycles. The van der Waals surface area contributed by atoms with Crippen LogP contribution in [0.25, 0.3) is 11.5 Å². The van der Waals surface area contributed by atoms with Crippen LogP contribution in [0.15, 0.2) is 27.1 Å². The van der Waals surface area contributed by atoms with Gasteiger partial charge in [0.15, 0.2) is 0 Å². The smallest absolute Gasteiger partial charge is 0.376 e. The van der Waals surface area contributed by atoms with Crippen LogP contribution in [0.4, 0.5) is 4.39 Å². The number of esters is 1. The minimum absolute atomic E-state index is 0.0149. The van der Waals surface area contributed by atoms with E-state index >= 15 is 0 Å². The van der Waals surface area contributed by atoms with Crippen molar-refractivity contribution in [3.05, 3.63) is 39.9 Å². The number of nitrogens with zero attached hydrogens (tertiary/aromatic N) is 1. The zero-order valence-electron chi connectivity index (χ0n) is 11.9. The second-order valence-corrected chi connectivity index (χ2v) is 5.68. The van der Waals surface area contributed by atoms with Gasteiger partial charge >= 0.3 is 5.97 Å². The van der Waals surface area contributed by atoms with Crippen molar-refractivity contribution in [1.82, 2.24) is 4.98 Å². The molecule has 1 aromatic heterocycles. The molecule has 2 rings (SSSR count). The summed E-state index contributed by atoms with van der Waals surface area (Å²) in [7, 11) is 0. The maximum absolute atomic E-state index is 13.5. The topological polar surface area (TPSA) is 52.3 Å². The van der Waals surface area contributed by atoms with Crippen molar-refractivity contribution in [1.29, 1.82) is 0 Å². The first kappa shape index (κ1) is 15.7. The Morgan fingerprint density at radius 1 is 1.43 bits per heavy atom. The first-order valence-corrected chi connectivity index (χ1v) is 7.36. The number of rotatable bonds is 4. The lowest BCUT2D eigenvalue weighted by Crippen LogP contribution is -2.07. The van der Waals surface area contributed by atoms with Gasteiger partial charge in [0.1, 0.15) is 5.82 Å². The van der Waals surface area contributed by atoms with E-state index in [0.29, 0.717) is 15.7 Å². The van der Waals surface area contributed by atoms with Crippen LogP contribution in [0.2, 0.25) is 0 Å². The fraction of sp³-hybridized carbons (Fsp3) is 0.333. The fourth-order valence-corrected chi connectivity index (χ4v) is 2.33. The molecule has 21 heavy (non-hydrogen) atoms. The summed E-state index contributed by atoms with van der Waals surface area (Å²) >= 11 is 3.22. The molecule has 0 radical (unpaired) electrons. The Kier molecular flexibility index (Phi) is 4.77. The second kappa shape index (κ2) is 6.39. The summed E-state index contributed by atoms with van der Waals surface area (Å²) in [5.41, 5.74) is 0.961. The van der Waals surface area contributed by atoms with Gasteiger partial charge < -0.3 is 9.15 Å². The van der Waals surface area contributed by atoms with E-state index in [0.717, 1.165) is 0 Å². The Balaban J connectivity index is 2.50. The van der Waals surface area contributed by atoms with Gasteiger partial charge in [-0.25, -0.2) is 14.2 Å². The summed E-state index contributed by atoms with van der Waals surface area (Å²) in [6.07, 6.45) is 0. The lowest BCUT2D eigenvalue weighted by molar-refractivity contribution is 0.0488. The molecule has 4 nitrogen and oxygen atoms in total. The number of oxazole rings is 1. The first-order chi connectivity index (χ1) is 9.92. The van der Waals surface area contributed by atoms with E-state index in [9.17, 15) is 9.18 Å². The van der Waals surface area contributed by atoms with E-state index in [1.54, 1.807) is 13.0 Å². The fourth-order valence-electron chi connectivity index (χ4n) is 1.87. The number of carbonyl (C=O) groups excluding carboxylic acids is 1. The largest absolute Gasteiger partial charge is 0.460 e. The van der Waals surface area contributed by atoms with Crippen LogP contribution in [0.1, 0.15) is 42.9 Å². The van der Waals surface area contributed by atoms with E-state index in [1.807, 2.05) is 13.8 Å². The molecule has 0 spiro atoms. The standard InChI is InChI=1S/C15H15BrFNO3/c1-4-20-15(19)13-12(8(2)3)18-14(21-13)9-5-10(16)7-11(17)6-9/h5-8H,4H2,1-3H3. The molecule has 1 aromatic carbocycles. The zero-order valence-corrected chi connectivity index (χ0v) is 13.5. The van der Waals surface area contributed by atoms with Gasteiger partial charge in [0.25, 0.3) is 0 Å². The van der Waals surface area contributed by atoms with E-state index in [-0.39, 0.29) is 24.2 Å². The highest BCUT2D eigenvalue weighted by molar-refractivity contribution is 9.10. The van der Waals surface area contributed by atoms with Crippen LogP contribution in [-0.2, 0) is 4.74 Å². The number of carbonyl (C=O) groups is 1. The quantitative estimate of drug-likeness (QED) is 0.755. The molecule has 0 unspecified atom stereocenters. The average molecular weight is 356 g/mol. The number of hydrogen-bond acceptors (Lipinski definition) is 4. The summed E-state index contributed by atoms with van der Waals surface area (Å²) in [5, 5.41) is 0. The second-order valence-electron chi connectivity index (χ2n) is 4.77. The molecule has 0 saturated carbocycles. The number of ether oxygens (including phenoxy) is 1. The SMILES string of the molecule is CCOC(=O)c1oc(-c2cc(F)cc(Br)c2)nc1C(C)C. The van der Waals surface area contributed by atoms with Gasteiger partial charge in [-0.15, -0.1) is 0 Å². The van der Waals surface area contributed by atoms with Crippen molar-refractivity contribution < 1.29 is 18.3 Å². The van der Waals surface area contributed by atoms with E-state index in [2.05, 4.69) is 20.9 Å². The van der Waals surface area contributed by atoms with Gasteiger partial charge in [-0.2, -0.15) is 0 Å². The Morgan fingerprint density at radius 3 is 2.71 bits per heavy atom. The third-order valence-electron chi connectivity index (χ3n) is 2.77. The summed E-state index contributed by atoms with van der Waals surface area (Å²) in [4.78, 5) is 16.2. The molecule has 0 N–H and O–H groups in total. The Bertz CT molecular complexity index is 647. The number of aromatic nitrogens is 1. The predicted molar refractivity (Wildman–Crippen MR) is 79.6 cm³/mol. The van der Waals surface area contributed by atoms with Gasteiger partial charge in [0.2, 0.25) is 11.7 Å². The molecule has 6 heteroatoms. The molecule has 0 saturated heterocycles. The maximum Gasteiger partial charge on any atom is 0.376 e. The molecule has 0 atom stereocenters. The van der Waals surface area contributed by atoms with E-state index in [1.165, 1.54) is 12.1 Å². The number of halogens is 2. The van der Waals surface area contributed by atoms with Crippen LogP contribution in [0.5, 0.6) is 0 Å². The third kappa shape index (κ3) is 3.50. The molecule has 0 bridgehead atoms. The van der Waals surface area contributed by atoms with Crippen LogP contribution in [0, 0.1) is 5.82 Å². The van der Waals surface area contributed by atoms with Crippen molar-refractivity contribution in [2.75, 3.05) is 6.61 Å². The van der Waals surface area contributed by atoms with Crippen molar-refractivity contribution in [2.45, 2.75) is 26.7 Å². The summed E-state index contributed by atoms with van der Waals surface area (Å²) in [6.45, 7) is 5.75. The van der Waals surface area contributed by atoms with Crippen molar-refractivity contribution in [2.24, 2.45) is 0 Å². The molecular formula is C15H15BrFNO3. The Morgan fingerprint density at radius 2 is 2.14 bits per heavy atom. The minimum Gasteiger partial charge on any atom is -0.460 e. The van der Waals surface area contributed by atoms with Crippen LogP contribution < -0.4 is 0 Å². The maximum atomic E-state index is 13.5. The lowest BCUT2D eigenvalue weighted by Gasteiger charge is -2.02. The molecule has 1 heterocycles. The number of hydrogen-bond donors (Lipinski definition) is 0. The number of benzene rings is 1. The summed E-state index contributed by atoms with van der Waals surface area (Å²) in [6, 6.07) is 4.31. The van der Waals surface area contributed by atoms with Crippen LogP contribution >= 0.6 is 15.9 Å². The zero-order chi connectivity index (χ0) is 15.6. The first-order valence-electron chi connectivity index (χ1n) is 6.56. The highest BCUT2D eigenvalue weighted by Gasteiger charge is 2.24. The van der Waals surface area contributed by atoms with Crippen LogP contribution in [0.3, 0.4) is 0 Å². The highest BCUT2D eigenvalue weighted by atomic mass is 79.9. The molecule has 0 aliphatic carbocycles. The lowest BCUT2D eigenvalue weighted by atomic mass is 10.1. The van der Waals surface area contributed by atoms with E-state index < -0.39 is 11.8 Å². The Labute approximate surface area is 130 Å². The molecule has 0 amide bonds. The van der Waals surface area contributed by atoms with Crippen molar-refractivity contribution >= 4 is 21.9 Å². The average Bonchev–Trinajstić information content (AvgIpc) is 2.83. The summed E-state index contributed by atoms with van der Waals surface area (Å²) < 4.78 is 24.5. The highest BCUT2D eigenvalue weighted by Crippen LogP contribution is 2.29. The minimum atomic E-state index is -0.560. The molecule has 0 fully saturated rings. The molecule has 0 aliphatic rings. The molecule has 112 valence electrons. The summed E-state index contributed by atoms with van der Waals surface area (Å²) in [5.74, 6) is -0.722. The molecular weight excluding hydrogens is 341 g/mol. The van der Waals surface area contributed by atoms with Gasteiger partial charge in [-0.05, 0) is 31.0 Å². The van der Waals surface area contributed by atoms with Gasteiger partial charge in [-0.1, -0.05) is 29.8 Å². The monoisotopic (exact) mass is 355 g/mol. The van der Waals surface area contributed by atoms with Gasteiger partial charge in [0.05, 0.1) is 12.3 Å². The Hall–Kier alpha value is -1.69. The van der Waals surface area contributed by atoms with Crippen LogP contribution in [-0.4, -0.2) is 17.6 Å². The normalized spacial score (nSPS) is 11.0. The van der Waals surface area contributed by atoms with Gasteiger partial charge in [-0.3, -0.25) is 0 Å². The van der Waals surface area contributed by atoms with Crippen molar-refractivity contribution in [3.8, 4) is 11.5 Å². The van der Waals surface area contributed by atoms with Gasteiger partial charge in [0, 0.05) is 10.0 Å². The molecule has 2 aromatic rings.